The minimum atomic E-state index is -4.90. The normalized spacial score (nSPS) is 20.9. The van der Waals surface area contributed by atoms with Gasteiger partial charge >= 0.3 is 18.3 Å². The van der Waals surface area contributed by atoms with Gasteiger partial charge in [0, 0.05) is 49.3 Å². The maximum Gasteiger partial charge on any atom is 0.425 e. The van der Waals surface area contributed by atoms with Crippen molar-refractivity contribution in [2.75, 3.05) is 26.2 Å². The van der Waals surface area contributed by atoms with E-state index in [1.807, 2.05) is 31.2 Å². The number of piperidine rings is 2. The van der Waals surface area contributed by atoms with Crippen LogP contribution in [0.25, 0.3) is 0 Å². The number of carboxylic acid groups (broad SMARTS) is 1. The fourth-order valence-electron chi connectivity index (χ4n) is 7.60. The van der Waals surface area contributed by atoms with E-state index < -0.39 is 69.2 Å². The maximum atomic E-state index is 15.0. The van der Waals surface area contributed by atoms with Crippen molar-refractivity contribution in [2.45, 2.75) is 102 Å². The summed E-state index contributed by atoms with van der Waals surface area (Å²) in [5, 5.41) is 10.3. The molecule has 0 aliphatic carbocycles. The van der Waals surface area contributed by atoms with Crippen molar-refractivity contribution < 1.29 is 55.3 Å². The summed E-state index contributed by atoms with van der Waals surface area (Å²) >= 11 is 0.394. The number of likely N-dealkylation sites (tertiary alicyclic amines) is 2. The number of nitrogens with zero attached hydrogens (tertiary/aromatic N) is 3. The zero-order chi connectivity index (χ0) is 40.2. The Morgan fingerprint density at radius 3 is 2.36 bits per heavy atom. The standard InChI is InChI=1S/C39H45F6N3O6S/c1-4-10-30-37(54-26-23-31(55-24-26)39(43,44)45,15-9-19-48(30)33(49)32-28(38(40,41)42)13-7-18-46-32)35(52)47-20-16-36(3,17-21-47)27-12-5-6-14-29(27)53-22-8-11-25(2)34(50)51/h5-7,12-14,18,23-25,30H,4,8-11,15-17,19-22H2,1-3H3,(H,50,51). The van der Waals surface area contributed by atoms with Gasteiger partial charge in [-0.05, 0) is 62.1 Å². The molecule has 2 amide bonds. The second kappa shape index (κ2) is 16.8. The Labute approximate surface area is 319 Å². The van der Waals surface area contributed by atoms with E-state index in [1.54, 1.807) is 18.7 Å². The molecule has 3 unspecified atom stereocenters. The summed E-state index contributed by atoms with van der Waals surface area (Å²) in [5.41, 5.74) is -3.54. The van der Waals surface area contributed by atoms with Crippen LogP contribution >= 0.6 is 11.3 Å². The van der Waals surface area contributed by atoms with Crippen LogP contribution < -0.4 is 9.47 Å². The van der Waals surface area contributed by atoms with Crippen LogP contribution in [-0.4, -0.2) is 75.6 Å². The van der Waals surface area contributed by atoms with Crippen molar-refractivity contribution in [2.24, 2.45) is 5.92 Å². The minimum Gasteiger partial charge on any atom is -0.493 e. The first-order valence-electron chi connectivity index (χ1n) is 18.3. The largest absolute Gasteiger partial charge is 0.493 e. The van der Waals surface area contributed by atoms with Gasteiger partial charge in [0.2, 0.25) is 5.60 Å². The van der Waals surface area contributed by atoms with Crippen LogP contribution in [0, 0.1) is 5.92 Å². The van der Waals surface area contributed by atoms with E-state index in [2.05, 4.69) is 4.98 Å². The highest BCUT2D eigenvalue weighted by atomic mass is 32.1. The summed E-state index contributed by atoms with van der Waals surface area (Å²) in [7, 11) is 0. The fourth-order valence-corrected chi connectivity index (χ4v) is 8.28. The third-order valence-electron chi connectivity index (χ3n) is 10.7. The molecule has 2 aromatic heterocycles. The molecule has 2 saturated heterocycles. The lowest BCUT2D eigenvalue weighted by Crippen LogP contribution is -2.68. The van der Waals surface area contributed by atoms with Gasteiger partial charge in [0.05, 0.1) is 24.1 Å². The second-order valence-corrected chi connectivity index (χ2v) is 15.4. The summed E-state index contributed by atoms with van der Waals surface area (Å²) < 4.78 is 95.8. The topological polar surface area (TPSA) is 109 Å². The average molecular weight is 798 g/mol. The first-order chi connectivity index (χ1) is 25.9. The summed E-state index contributed by atoms with van der Waals surface area (Å²) in [6.07, 6.45) is -5.95. The lowest BCUT2D eigenvalue weighted by atomic mass is 9.73. The van der Waals surface area contributed by atoms with Gasteiger partial charge in [-0.3, -0.25) is 19.4 Å². The van der Waals surface area contributed by atoms with E-state index in [0.717, 1.165) is 35.3 Å². The number of halogens is 6. The van der Waals surface area contributed by atoms with Crippen LogP contribution in [0.15, 0.2) is 54.0 Å². The Balaban J connectivity index is 1.45. The predicted octanol–water partition coefficient (Wildman–Crippen LogP) is 8.86. The molecule has 2 fully saturated rings. The van der Waals surface area contributed by atoms with Gasteiger partial charge in [0.25, 0.3) is 11.8 Å². The van der Waals surface area contributed by atoms with Crippen LogP contribution in [0.5, 0.6) is 11.5 Å². The molecule has 3 aromatic rings. The number of aliphatic carboxylic acids is 1. The fraction of sp³-hybridized carbons (Fsp3) is 0.538. The SMILES string of the molecule is CCCC1N(C(=O)c2ncccc2C(F)(F)F)CCCC1(Oc1csc(C(F)(F)F)c1)C(=O)N1CCC(C)(c2ccccc2OCCCC(C)C(=O)O)CC1. The first-order valence-corrected chi connectivity index (χ1v) is 19.2. The molecule has 9 nitrogen and oxygen atoms in total. The Kier molecular flexibility index (Phi) is 12.8. The quantitative estimate of drug-likeness (QED) is 0.136. The summed E-state index contributed by atoms with van der Waals surface area (Å²) in [5.74, 6) is -2.56. The number of carbonyl (C=O) groups excluding carboxylic acids is 2. The van der Waals surface area contributed by atoms with Gasteiger partial charge in [0.15, 0.2) is 0 Å². The molecule has 2 aliphatic heterocycles. The van der Waals surface area contributed by atoms with E-state index in [0.29, 0.717) is 55.8 Å². The van der Waals surface area contributed by atoms with Gasteiger partial charge in [0.1, 0.15) is 22.1 Å². The summed E-state index contributed by atoms with van der Waals surface area (Å²) in [6.45, 7) is 6.19. The van der Waals surface area contributed by atoms with Gasteiger partial charge in [-0.25, -0.2) is 0 Å². The Morgan fingerprint density at radius 2 is 1.73 bits per heavy atom. The molecule has 1 aromatic carbocycles. The molecular weight excluding hydrogens is 752 g/mol. The first kappa shape index (κ1) is 41.8. The number of aromatic nitrogens is 1. The molecule has 0 spiro atoms. The smallest absolute Gasteiger partial charge is 0.425 e. The maximum absolute atomic E-state index is 15.0. The van der Waals surface area contributed by atoms with Crippen LogP contribution in [-0.2, 0) is 27.4 Å². The minimum absolute atomic E-state index is 0.0107. The number of thiophene rings is 1. The lowest BCUT2D eigenvalue weighted by Gasteiger charge is -2.51. The Bertz CT molecular complexity index is 1830. The summed E-state index contributed by atoms with van der Waals surface area (Å²) in [4.78, 5) is 45.9. The highest BCUT2D eigenvalue weighted by Gasteiger charge is 2.56. The molecule has 1 N–H and O–H groups in total. The van der Waals surface area contributed by atoms with Crippen LogP contribution in [0.4, 0.5) is 26.3 Å². The zero-order valence-corrected chi connectivity index (χ0v) is 31.7. The number of para-hydroxylation sites is 1. The number of pyridine rings is 1. The van der Waals surface area contributed by atoms with Crippen molar-refractivity contribution in [1.29, 1.82) is 0 Å². The number of carbonyl (C=O) groups is 3. The van der Waals surface area contributed by atoms with Crippen LogP contribution in [0.3, 0.4) is 0 Å². The van der Waals surface area contributed by atoms with Gasteiger partial charge in [-0.2, -0.15) is 26.3 Å². The zero-order valence-electron chi connectivity index (χ0n) is 30.8. The number of hydrogen-bond acceptors (Lipinski definition) is 7. The third-order valence-corrected chi connectivity index (χ3v) is 11.6. The second-order valence-electron chi connectivity index (χ2n) is 14.5. The highest BCUT2D eigenvalue weighted by molar-refractivity contribution is 7.10. The van der Waals surface area contributed by atoms with E-state index in [1.165, 1.54) is 4.90 Å². The van der Waals surface area contributed by atoms with E-state index in [4.69, 9.17) is 9.47 Å². The number of benzene rings is 1. The number of amides is 2. The van der Waals surface area contributed by atoms with E-state index in [9.17, 15) is 45.8 Å². The third kappa shape index (κ3) is 9.21. The molecule has 5 rings (SSSR count). The van der Waals surface area contributed by atoms with Crippen molar-refractivity contribution in [3.63, 3.8) is 0 Å². The van der Waals surface area contributed by atoms with Crippen molar-refractivity contribution in [1.82, 2.24) is 14.8 Å². The lowest BCUT2D eigenvalue weighted by molar-refractivity contribution is -0.161. The Hall–Kier alpha value is -4.34. The number of alkyl halides is 6. The molecule has 4 heterocycles. The molecule has 300 valence electrons. The molecule has 3 atom stereocenters. The van der Waals surface area contributed by atoms with Gasteiger partial charge < -0.3 is 24.4 Å². The van der Waals surface area contributed by atoms with E-state index in [-0.39, 0.29) is 44.6 Å². The molecule has 0 radical (unpaired) electrons. The highest BCUT2D eigenvalue weighted by Crippen LogP contribution is 2.45. The van der Waals surface area contributed by atoms with Gasteiger partial charge in [-0.15, -0.1) is 11.3 Å². The van der Waals surface area contributed by atoms with Gasteiger partial charge in [-0.1, -0.05) is 45.4 Å². The average Bonchev–Trinajstić information content (AvgIpc) is 3.63. The molecule has 2 aliphatic rings. The molecular formula is C39H45F6N3O6S. The van der Waals surface area contributed by atoms with Crippen LogP contribution in [0.2, 0.25) is 0 Å². The molecule has 0 saturated carbocycles. The predicted molar refractivity (Wildman–Crippen MR) is 192 cm³/mol. The molecule has 0 bridgehead atoms. The molecule has 16 heteroatoms. The Morgan fingerprint density at radius 1 is 1.02 bits per heavy atom. The number of rotatable bonds is 13. The van der Waals surface area contributed by atoms with E-state index >= 15 is 0 Å². The number of hydrogen-bond donors (Lipinski definition) is 1. The summed E-state index contributed by atoms with van der Waals surface area (Å²) in [6, 6.07) is 9.00. The number of carboxylic acids is 1. The van der Waals surface area contributed by atoms with Crippen molar-refractivity contribution in [3.05, 3.63) is 75.7 Å². The van der Waals surface area contributed by atoms with Crippen molar-refractivity contribution in [3.8, 4) is 11.5 Å². The number of ether oxygens (including phenoxy) is 2. The monoisotopic (exact) mass is 797 g/mol. The van der Waals surface area contributed by atoms with Crippen LogP contribution in [0.1, 0.15) is 98.6 Å². The van der Waals surface area contributed by atoms with Crippen molar-refractivity contribution >= 4 is 29.1 Å². The molecule has 55 heavy (non-hydrogen) atoms.